The van der Waals surface area contributed by atoms with E-state index in [9.17, 15) is 10.2 Å². The van der Waals surface area contributed by atoms with Gasteiger partial charge in [-0.25, -0.2) is 0 Å². The molecular weight excluding hydrogens is 234 g/mol. The lowest BCUT2D eigenvalue weighted by Crippen LogP contribution is -2.23. The summed E-state index contributed by atoms with van der Waals surface area (Å²) in [4.78, 5) is 0. The van der Waals surface area contributed by atoms with Crippen LogP contribution in [0.3, 0.4) is 0 Å². The molecule has 1 aromatic carbocycles. The van der Waals surface area contributed by atoms with Crippen LogP contribution in [0.2, 0.25) is 0 Å². The molecular formula is C13H21NO4. The van der Waals surface area contributed by atoms with Gasteiger partial charge in [0.2, 0.25) is 0 Å². The zero-order valence-corrected chi connectivity index (χ0v) is 10.8. The third-order valence-corrected chi connectivity index (χ3v) is 2.85. The first-order valence-electron chi connectivity index (χ1n) is 5.92. The second-order valence-corrected chi connectivity index (χ2v) is 4.14. The first-order chi connectivity index (χ1) is 8.63. The number of hydrogen-bond acceptors (Lipinski definition) is 5. The van der Waals surface area contributed by atoms with Crippen LogP contribution in [-0.4, -0.2) is 42.1 Å². The summed E-state index contributed by atoms with van der Waals surface area (Å²) in [6.07, 6.45) is -1.47. The summed E-state index contributed by atoms with van der Waals surface area (Å²) in [6.45, 7) is 0.497. The van der Waals surface area contributed by atoms with Gasteiger partial charge in [0.05, 0.1) is 19.8 Å². The van der Waals surface area contributed by atoms with E-state index in [1.54, 1.807) is 25.2 Å². The van der Waals surface area contributed by atoms with Crippen LogP contribution < -0.4 is 10.1 Å². The molecule has 0 aliphatic heterocycles. The predicted octanol–water partition coefficient (Wildman–Crippen LogP) is 0.191. The molecule has 102 valence electrons. The molecule has 5 heteroatoms. The lowest BCUT2D eigenvalue weighted by Gasteiger charge is -2.20. The Hall–Kier alpha value is -1.14. The number of hydrogen-bond donors (Lipinski definition) is 4. The molecule has 0 bridgehead atoms. The largest absolute Gasteiger partial charge is 0.496 e. The minimum Gasteiger partial charge on any atom is -0.496 e. The zero-order valence-electron chi connectivity index (χ0n) is 10.8. The van der Waals surface area contributed by atoms with Crippen molar-refractivity contribution >= 4 is 0 Å². The van der Waals surface area contributed by atoms with E-state index in [0.717, 1.165) is 0 Å². The van der Waals surface area contributed by atoms with Crippen LogP contribution in [0.1, 0.15) is 23.7 Å². The molecule has 2 atom stereocenters. The van der Waals surface area contributed by atoms with Crippen molar-refractivity contribution in [2.45, 2.75) is 25.2 Å². The molecule has 0 saturated heterocycles. The number of methoxy groups -OCH3 is 1. The Balaban J connectivity index is 2.91. The van der Waals surface area contributed by atoms with E-state index < -0.39 is 12.2 Å². The molecule has 2 unspecified atom stereocenters. The van der Waals surface area contributed by atoms with Crippen LogP contribution in [0.15, 0.2) is 18.2 Å². The van der Waals surface area contributed by atoms with Crippen molar-refractivity contribution in [3.63, 3.8) is 0 Å². The summed E-state index contributed by atoms with van der Waals surface area (Å²) < 4.78 is 5.15. The first-order valence-corrected chi connectivity index (χ1v) is 5.92. The van der Waals surface area contributed by atoms with Gasteiger partial charge in [0.25, 0.3) is 0 Å². The Labute approximate surface area is 107 Å². The molecule has 0 heterocycles. The minimum absolute atomic E-state index is 0.115. The van der Waals surface area contributed by atoms with Crippen LogP contribution in [0.4, 0.5) is 0 Å². The molecule has 5 nitrogen and oxygen atoms in total. The second kappa shape index (κ2) is 7.33. The van der Waals surface area contributed by atoms with E-state index in [1.807, 2.05) is 0 Å². The van der Waals surface area contributed by atoms with E-state index in [1.165, 1.54) is 7.11 Å². The van der Waals surface area contributed by atoms with Crippen LogP contribution in [0.5, 0.6) is 5.75 Å². The smallest absolute Gasteiger partial charge is 0.124 e. The van der Waals surface area contributed by atoms with Crippen molar-refractivity contribution in [2.24, 2.45) is 0 Å². The molecule has 0 aliphatic carbocycles. The lowest BCUT2D eigenvalue weighted by atomic mass is 9.99. The highest BCUT2D eigenvalue weighted by Crippen LogP contribution is 2.29. The summed E-state index contributed by atoms with van der Waals surface area (Å²) in [7, 11) is 3.29. The number of nitrogens with one attached hydrogen (secondary N) is 1. The van der Waals surface area contributed by atoms with Gasteiger partial charge in [0.1, 0.15) is 11.9 Å². The summed E-state index contributed by atoms with van der Waals surface area (Å²) in [5, 5.41) is 32.0. The number of aliphatic hydroxyl groups is 3. The monoisotopic (exact) mass is 255 g/mol. The van der Waals surface area contributed by atoms with E-state index in [2.05, 4.69) is 5.32 Å². The normalized spacial score (nSPS) is 14.3. The summed E-state index contributed by atoms with van der Waals surface area (Å²) >= 11 is 0. The van der Waals surface area contributed by atoms with Gasteiger partial charge in [-0.2, -0.15) is 0 Å². The highest BCUT2D eigenvalue weighted by molar-refractivity contribution is 5.39. The highest BCUT2D eigenvalue weighted by Gasteiger charge is 2.21. The minimum atomic E-state index is -1.03. The first kappa shape index (κ1) is 14.9. The van der Waals surface area contributed by atoms with Gasteiger partial charge in [-0.3, -0.25) is 0 Å². The van der Waals surface area contributed by atoms with Crippen molar-refractivity contribution in [3.8, 4) is 5.75 Å². The average molecular weight is 255 g/mol. The standard InChI is InChI=1S/C13H21NO4/c1-14-6-5-11(16)13(17)10-7-9(8-15)3-4-12(10)18-2/h3-4,7,11,13-17H,5-6,8H2,1-2H3. The van der Waals surface area contributed by atoms with E-state index in [4.69, 9.17) is 9.84 Å². The molecule has 18 heavy (non-hydrogen) atoms. The quantitative estimate of drug-likeness (QED) is 0.559. The Morgan fingerprint density at radius 1 is 1.33 bits per heavy atom. The van der Waals surface area contributed by atoms with Crippen molar-refractivity contribution < 1.29 is 20.1 Å². The van der Waals surface area contributed by atoms with Crippen molar-refractivity contribution in [1.29, 1.82) is 0 Å². The second-order valence-electron chi connectivity index (χ2n) is 4.14. The molecule has 0 radical (unpaired) electrons. The molecule has 1 aromatic rings. The van der Waals surface area contributed by atoms with Gasteiger partial charge < -0.3 is 25.4 Å². The molecule has 0 aromatic heterocycles. The Kier molecular flexibility index (Phi) is 6.07. The molecule has 0 amide bonds. The van der Waals surface area contributed by atoms with Gasteiger partial charge >= 0.3 is 0 Å². The predicted molar refractivity (Wildman–Crippen MR) is 68.4 cm³/mol. The fourth-order valence-electron chi connectivity index (χ4n) is 1.77. The maximum Gasteiger partial charge on any atom is 0.124 e. The molecule has 0 fully saturated rings. The summed E-state index contributed by atoms with van der Waals surface area (Å²) in [5.74, 6) is 0.503. The maximum absolute atomic E-state index is 10.1. The number of rotatable bonds is 7. The van der Waals surface area contributed by atoms with E-state index in [0.29, 0.717) is 29.8 Å². The maximum atomic E-state index is 10.1. The molecule has 0 spiro atoms. The van der Waals surface area contributed by atoms with Gasteiger partial charge in [0, 0.05) is 5.56 Å². The average Bonchev–Trinajstić information content (AvgIpc) is 2.43. The highest BCUT2D eigenvalue weighted by atomic mass is 16.5. The van der Waals surface area contributed by atoms with Gasteiger partial charge in [-0.15, -0.1) is 0 Å². The summed E-state index contributed by atoms with van der Waals surface area (Å²) in [6, 6.07) is 5.04. The number of ether oxygens (including phenoxy) is 1. The SMILES string of the molecule is CNCCC(O)C(O)c1cc(CO)ccc1OC. The topological polar surface area (TPSA) is 82.0 Å². The van der Waals surface area contributed by atoms with E-state index in [-0.39, 0.29) is 6.61 Å². The van der Waals surface area contributed by atoms with Crippen LogP contribution in [-0.2, 0) is 6.61 Å². The van der Waals surface area contributed by atoms with Crippen molar-refractivity contribution in [3.05, 3.63) is 29.3 Å². The molecule has 0 saturated carbocycles. The Morgan fingerprint density at radius 3 is 2.61 bits per heavy atom. The van der Waals surface area contributed by atoms with Crippen molar-refractivity contribution in [1.82, 2.24) is 5.32 Å². The van der Waals surface area contributed by atoms with Crippen LogP contribution in [0.25, 0.3) is 0 Å². The van der Waals surface area contributed by atoms with Gasteiger partial charge in [-0.1, -0.05) is 6.07 Å². The third kappa shape index (κ3) is 3.68. The lowest BCUT2D eigenvalue weighted by molar-refractivity contribution is 0.0126. The zero-order chi connectivity index (χ0) is 13.5. The van der Waals surface area contributed by atoms with Crippen LogP contribution in [0, 0.1) is 0 Å². The molecule has 0 aliphatic rings. The fraction of sp³-hybridized carbons (Fsp3) is 0.538. The van der Waals surface area contributed by atoms with Gasteiger partial charge in [-0.05, 0) is 37.7 Å². The van der Waals surface area contributed by atoms with Crippen LogP contribution >= 0.6 is 0 Å². The number of aliphatic hydroxyl groups excluding tert-OH is 3. The van der Waals surface area contributed by atoms with E-state index >= 15 is 0 Å². The Bertz CT molecular complexity index is 370. The molecule has 4 N–H and O–H groups in total. The number of benzene rings is 1. The fourth-order valence-corrected chi connectivity index (χ4v) is 1.77. The summed E-state index contributed by atoms with van der Waals surface area (Å²) in [5.41, 5.74) is 1.17. The molecule has 1 rings (SSSR count). The van der Waals surface area contributed by atoms with Crippen molar-refractivity contribution in [2.75, 3.05) is 20.7 Å². The third-order valence-electron chi connectivity index (χ3n) is 2.85. The Morgan fingerprint density at radius 2 is 2.06 bits per heavy atom. The van der Waals surface area contributed by atoms with Gasteiger partial charge in [0.15, 0.2) is 0 Å².